The van der Waals surface area contributed by atoms with E-state index < -0.39 is 11.6 Å². The molecule has 21 heavy (non-hydrogen) atoms. The molecule has 0 fully saturated rings. The number of hydrogen-bond donors (Lipinski definition) is 0. The average molecular weight is 349 g/mol. The van der Waals surface area contributed by atoms with Crippen LogP contribution in [0.5, 0.6) is 5.75 Å². The molecule has 0 aromatic heterocycles. The third-order valence-electron chi connectivity index (χ3n) is 3.22. The van der Waals surface area contributed by atoms with Gasteiger partial charge in [-0.15, -0.1) is 0 Å². The van der Waals surface area contributed by atoms with Crippen molar-refractivity contribution in [3.8, 4) is 5.75 Å². The van der Waals surface area contributed by atoms with Crippen molar-refractivity contribution in [3.63, 3.8) is 0 Å². The summed E-state index contributed by atoms with van der Waals surface area (Å²) >= 11 is 3.41. The highest BCUT2D eigenvalue weighted by Crippen LogP contribution is 2.25. The second-order valence-corrected chi connectivity index (χ2v) is 5.56. The number of fused-ring (bicyclic) bond motifs is 1. The second-order valence-electron chi connectivity index (χ2n) is 4.64. The van der Waals surface area contributed by atoms with Gasteiger partial charge in [0.1, 0.15) is 24.0 Å². The van der Waals surface area contributed by atoms with E-state index in [-0.39, 0.29) is 12.2 Å². The molecule has 0 aliphatic heterocycles. The van der Waals surface area contributed by atoms with Crippen LogP contribution in [-0.4, -0.2) is 0 Å². The molecule has 1 nitrogen and oxygen atoms in total. The van der Waals surface area contributed by atoms with E-state index in [4.69, 9.17) is 4.74 Å². The Kier molecular flexibility index (Phi) is 3.88. The lowest BCUT2D eigenvalue weighted by Gasteiger charge is -2.09. The first-order valence-electron chi connectivity index (χ1n) is 6.38. The molecule has 3 aromatic rings. The van der Waals surface area contributed by atoms with Crippen LogP contribution >= 0.6 is 15.9 Å². The minimum atomic E-state index is -0.597. The zero-order valence-electron chi connectivity index (χ0n) is 10.9. The molecule has 0 radical (unpaired) electrons. The molecule has 0 spiro atoms. The van der Waals surface area contributed by atoms with E-state index in [0.29, 0.717) is 5.75 Å². The normalized spacial score (nSPS) is 10.8. The van der Waals surface area contributed by atoms with E-state index in [1.165, 1.54) is 18.2 Å². The van der Waals surface area contributed by atoms with E-state index >= 15 is 0 Å². The first kappa shape index (κ1) is 14.0. The molecule has 106 valence electrons. The standard InChI is InChI=1S/C17H11BrF2O/c18-13-6-4-12-9-14(7-5-11(12)8-13)21-10-15-16(19)2-1-3-17(15)20/h1-9H,10H2. The Labute approximate surface area is 129 Å². The van der Waals surface area contributed by atoms with E-state index in [0.717, 1.165) is 15.2 Å². The van der Waals surface area contributed by atoms with Crippen molar-refractivity contribution in [2.75, 3.05) is 0 Å². The van der Waals surface area contributed by atoms with E-state index in [9.17, 15) is 8.78 Å². The van der Waals surface area contributed by atoms with Gasteiger partial charge >= 0.3 is 0 Å². The first-order chi connectivity index (χ1) is 10.1. The topological polar surface area (TPSA) is 9.23 Å². The average Bonchev–Trinajstić information content (AvgIpc) is 2.47. The van der Waals surface area contributed by atoms with Crippen LogP contribution in [0.1, 0.15) is 5.56 Å². The molecule has 3 rings (SSSR count). The molecule has 0 heterocycles. The lowest BCUT2D eigenvalue weighted by atomic mass is 10.1. The molecule has 3 aromatic carbocycles. The van der Waals surface area contributed by atoms with Crippen LogP contribution in [0.25, 0.3) is 10.8 Å². The minimum Gasteiger partial charge on any atom is -0.489 e. The number of benzene rings is 3. The smallest absolute Gasteiger partial charge is 0.132 e. The maximum absolute atomic E-state index is 13.5. The van der Waals surface area contributed by atoms with E-state index in [2.05, 4.69) is 15.9 Å². The van der Waals surface area contributed by atoms with Crippen molar-refractivity contribution in [1.82, 2.24) is 0 Å². The molecule has 0 saturated heterocycles. The largest absolute Gasteiger partial charge is 0.489 e. The molecule has 0 saturated carbocycles. The van der Waals surface area contributed by atoms with Crippen LogP contribution < -0.4 is 4.74 Å². The summed E-state index contributed by atoms with van der Waals surface area (Å²) in [6, 6.07) is 15.2. The maximum Gasteiger partial charge on any atom is 0.132 e. The van der Waals surface area contributed by atoms with Gasteiger partial charge in [0, 0.05) is 4.47 Å². The van der Waals surface area contributed by atoms with Crippen LogP contribution in [0.2, 0.25) is 0 Å². The summed E-state index contributed by atoms with van der Waals surface area (Å²) in [5.41, 5.74) is -0.0617. The van der Waals surface area contributed by atoms with Gasteiger partial charge in [-0.1, -0.05) is 34.1 Å². The van der Waals surface area contributed by atoms with Gasteiger partial charge < -0.3 is 4.74 Å². The van der Waals surface area contributed by atoms with Crippen LogP contribution in [0.3, 0.4) is 0 Å². The lowest BCUT2D eigenvalue weighted by molar-refractivity contribution is 0.293. The van der Waals surface area contributed by atoms with E-state index in [1.54, 1.807) is 6.07 Å². The summed E-state index contributed by atoms with van der Waals surface area (Å²) in [7, 11) is 0. The summed E-state index contributed by atoms with van der Waals surface area (Å²) in [6.07, 6.45) is 0. The Balaban J connectivity index is 1.84. The summed E-state index contributed by atoms with van der Waals surface area (Å²) in [4.78, 5) is 0. The predicted molar refractivity (Wildman–Crippen MR) is 82.3 cm³/mol. The van der Waals surface area contributed by atoms with Gasteiger partial charge in [-0.05, 0) is 47.2 Å². The highest BCUT2D eigenvalue weighted by Gasteiger charge is 2.09. The number of halogens is 3. The molecular weight excluding hydrogens is 338 g/mol. The molecule has 0 N–H and O–H groups in total. The molecule has 0 atom stereocenters. The molecule has 0 aliphatic carbocycles. The van der Waals surface area contributed by atoms with Crippen LogP contribution in [0.4, 0.5) is 8.78 Å². The Morgan fingerprint density at radius 2 is 1.52 bits per heavy atom. The second kappa shape index (κ2) is 5.82. The van der Waals surface area contributed by atoms with Gasteiger partial charge in [0.05, 0.1) is 5.56 Å². The molecule has 0 unspecified atom stereocenters. The Morgan fingerprint density at radius 3 is 2.29 bits per heavy atom. The number of rotatable bonds is 3. The minimum absolute atomic E-state index is 0.0617. The number of ether oxygens (including phenoxy) is 1. The Hall–Kier alpha value is -1.94. The molecule has 4 heteroatoms. The fourth-order valence-electron chi connectivity index (χ4n) is 2.11. The van der Waals surface area contributed by atoms with Crippen molar-refractivity contribution in [2.45, 2.75) is 6.61 Å². The van der Waals surface area contributed by atoms with Gasteiger partial charge in [0.25, 0.3) is 0 Å². The highest BCUT2D eigenvalue weighted by atomic mass is 79.9. The molecule has 0 amide bonds. The SMILES string of the molecule is Fc1cccc(F)c1COc1ccc2cc(Br)ccc2c1. The van der Waals surface area contributed by atoms with Crippen LogP contribution in [0.15, 0.2) is 59.1 Å². The maximum atomic E-state index is 13.5. The summed E-state index contributed by atoms with van der Waals surface area (Å²) in [5.74, 6) is -0.619. The Bertz CT molecular complexity index is 782. The predicted octanol–water partition coefficient (Wildman–Crippen LogP) is 5.46. The van der Waals surface area contributed by atoms with Crippen molar-refractivity contribution >= 4 is 26.7 Å². The lowest BCUT2D eigenvalue weighted by Crippen LogP contribution is -2.01. The van der Waals surface area contributed by atoms with Gasteiger partial charge in [-0.3, -0.25) is 0 Å². The summed E-state index contributed by atoms with van der Waals surface area (Å²) in [6.45, 7) is -0.138. The summed E-state index contributed by atoms with van der Waals surface area (Å²) in [5, 5.41) is 2.07. The quantitative estimate of drug-likeness (QED) is 0.610. The summed E-state index contributed by atoms with van der Waals surface area (Å²) < 4.78 is 33.5. The van der Waals surface area contributed by atoms with Crippen LogP contribution in [0, 0.1) is 11.6 Å². The number of hydrogen-bond acceptors (Lipinski definition) is 1. The van der Waals surface area contributed by atoms with Crippen molar-refractivity contribution in [2.24, 2.45) is 0 Å². The first-order valence-corrected chi connectivity index (χ1v) is 7.18. The van der Waals surface area contributed by atoms with Gasteiger partial charge in [0.2, 0.25) is 0 Å². The van der Waals surface area contributed by atoms with Crippen molar-refractivity contribution in [1.29, 1.82) is 0 Å². The van der Waals surface area contributed by atoms with Crippen LogP contribution in [-0.2, 0) is 6.61 Å². The van der Waals surface area contributed by atoms with Gasteiger partial charge in [-0.25, -0.2) is 8.78 Å². The fraction of sp³-hybridized carbons (Fsp3) is 0.0588. The van der Waals surface area contributed by atoms with Crippen molar-refractivity contribution < 1.29 is 13.5 Å². The Morgan fingerprint density at radius 1 is 0.857 bits per heavy atom. The third kappa shape index (κ3) is 3.05. The zero-order chi connectivity index (χ0) is 14.8. The molecule has 0 bridgehead atoms. The van der Waals surface area contributed by atoms with Gasteiger partial charge in [0.15, 0.2) is 0 Å². The van der Waals surface area contributed by atoms with E-state index in [1.807, 2.05) is 30.3 Å². The fourth-order valence-corrected chi connectivity index (χ4v) is 2.49. The van der Waals surface area contributed by atoms with Gasteiger partial charge in [-0.2, -0.15) is 0 Å². The third-order valence-corrected chi connectivity index (χ3v) is 3.71. The monoisotopic (exact) mass is 348 g/mol. The molecular formula is C17H11BrF2O. The van der Waals surface area contributed by atoms with Crippen molar-refractivity contribution in [3.05, 3.63) is 76.3 Å². The molecule has 0 aliphatic rings. The zero-order valence-corrected chi connectivity index (χ0v) is 12.5. The highest BCUT2D eigenvalue weighted by molar-refractivity contribution is 9.10.